The molecule has 25 heavy (non-hydrogen) atoms. The van der Waals surface area contributed by atoms with Crippen molar-refractivity contribution in [1.29, 1.82) is 0 Å². The minimum Gasteiger partial charge on any atom is -0.481 e. The lowest BCUT2D eigenvalue weighted by Gasteiger charge is -2.20. The first-order valence-electron chi connectivity index (χ1n) is 7.58. The second-order valence-electron chi connectivity index (χ2n) is 6.67. The van der Waals surface area contributed by atoms with Crippen LogP contribution in [0.2, 0.25) is 0 Å². The molecule has 0 saturated heterocycles. The summed E-state index contributed by atoms with van der Waals surface area (Å²) in [6, 6.07) is 7.56. The molecule has 0 aliphatic rings. The molecule has 2 aromatic rings. The molecule has 0 fully saturated rings. The van der Waals surface area contributed by atoms with Gasteiger partial charge in [-0.1, -0.05) is 44.2 Å². The number of amides is 1. The van der Waals surface area contributed by atoms with E-state index < -0.39 is 21.8 Å². The summed E-state index contributed by atoms with van der Waals surface area (Å²) in [6.07, 6.45) is 0.262. The Balaban J connectivity index is 1.99. The Morgan fingerprint density at radius 3 is 2.28 bits per heavy atom. The first kappa shape index (κ1) is 19.3. The lowest BCUT2D eigenvalue weighted by molar-refractivity contribution is -0.122. The van der Waals surface area contributed by atoms with Crippen LogP contribution in [-0.2, 0) is 20.0 Å². The molecule has 1 amide bonds. The normalized spacial score (nSPS) is 13.3. The van der Waals surface area contributed by atoms with E-state index in [1.165, 1.54) is 5.56 Å². The molecule has 9 heteroatoms. The molecule has 0 bridgehead atoms. The van der Waals surface area contributed by atoms with Crippen LogP contribution in [0.5, 0.6) is 5.75 Å². The average molecular weight is 383 g/mol. The number of carbonyl (C=O) groups is 1. The second kappa shape index (κ2) is 7.09. The lowest BCUT2D eigenvalue weighted by Crippen LogP contribution is -2.30. The van der Waals surface area contributed by atoms with Crippen LogP contribution >= 0.6 is 11.3 Å². The number of anilines is 1. The van der Waals surface area contributed by atoms with Gasteiger partial charge in [0.1, 0.15) is 5.75 Å². The molecule has 7 nitrogen and oxygen atoms in total. The van der Waals surface area contributed by atoms with E-state index in [1.807, 2.05) is 24.3 Å². The van der Waals surface area contributed by atoms with Gasteiger partial charge in [0.05, 0.1) is 0 Å². The largest absolute Gasteiger partial charge is 0.481 e. The van der Waals surface area contributed by atoms with E-state index in [0.717, 1.165) is 17.6 Å². The first-order valence-corrected chi connectivity index (χ1v) is 10.3. The number of nitrogens with one attached hydrogen (secondary N) is 1. The van der Waals surface area contributed by atoms with Crippen LogP contribution in [0.15, 0.2) is 28.6 Å². The van der Waals surface area contributed by atoms with Crippen LogP contribution in [-0.4, -0.2) is 36.9 Å². The molecule has 0 unspecified atom stereocenters. The highest BCUT2D eigenvalue weighted by Gasteiger charge is 2.20. The Morgan fingerprint density at radius 2 is 1.80 bits per heavy atom. The highest BCUT2D eigenvalue weighted by atomic mass is 32.2. The van der Waals surface area contributed by atoms with E-state index in [-0.39, 0.29) is 14.9 Å². The summed E-state index contributed by atoms with van der Waals surface area (Å²) in [7, 11) is -3.44. The van der Waals surface area contributed by atoms with Gasteiger partial charge < -0.3 is 4.74 Å². The number of sulfone groups is 1. The molecule has 1 aromatic carbocycles. The summed E-state index contributed by atoms with van der Waals surface area (Å²) in [5.74, 6) is 0.140. The van der Waals surface area contributed by atoms with Gasteiger partial charge in [-0.05, 0) is 30.0 Å². The summed E-state index contributed by atoms with van der Waals surface area (Å²) in [5.41, 5.74) is 1.20. The molecular weight excluding hydrogens is 362 g/mol. The number of hydrogen-bond donors (Lipinski definition) is 1. The number of hydrogen-bond acceptors (Lipinski definition) is 7. The molecule has 0 aliphatic carbocycles. The summed E-state index contributed by atoms with van der Waals surface area (Å²) in [6.45, 7) is 7.95. The predicted octanol–water partition coefficient (Wildman–Crippen LogP) is 2.65. The van der Waals surface area contributed by atoms with Crippen LogP contribution < -0.4 is 10.1 Å². The quantitative estimate of drug-likeness (QED) is 0.797. The van der Waals surface area contributed by atoms with Gasteiger partial charge >= 0.3 is 0 Å². The maximum absolute atomic E-state index is 12.2. The van der Waals surface area contributed by atoms with Crippen LogP contribution in [0.25, 0.3) is 0 Å². The van der Waals surface area contributed by atoms with Crippen molar-refractivity contribution in [2.75, 3.05) is 11.6 Å². The Morgan fingerprint density at radius 1 is 1.20 bits per heavy atom. The smallest absolute Gasteiger partial charge is 0.266 e. The highest BCUT2D eigenvalue weighted by Crippen LogP contribution is 2.25. The van der Waals surface area contributed by atoms with Crippen molar-refractivity contribution in [2.24, 2.45) is 0 Å². The number of aromatic nitrogens is 2. The first-order chi connectivity index (χ1) is 11.5. The van der Waals surface area contributed by atoms with Gasteiger partial charge in [0.25, 0.3) is 5.91 Å². The Bertz CT molecular complexity index is 852. The van der Waals surface area contributed by atoms with E-state index in [0.29, 0.717) is 5.75 Å². The molecule has 0 spiro atoms. The van der Waals surface area contributed by atoms with E-state index in [4.69, 9.17) is 4.74 Å². The third-order valence-corrected chi connectivity index (χ3v) is 5.86. The Kier molecular flexibility index (Phi) is 5.48. The molecule has 1 atom stereocenters. The molecule has 0 radical (unpaired) electrons. The van der Waals surface area contributed by atoms with Crippen molar-refractivity contribution in [3.05, 3.63) is 29.8 Å². The molecule has 1 aromatic heterocycles. The number of benzene rings is 1. The van der Waals surface area contributed by atoms with Gasteiger partial charge in [0.15, 0.2) is 6.10 Å². The topological polar surface area (TPSA) is 98.2 Å². The monoisotopic (exact) mass is 383 g/mol. The van der Waals surface area contributed by atoms with Crippen molar-refractivity contribution in [2.45, 2.75) is 43.6 Å². The maximum atomic E-state index is 12.2. The van der Waals surface area contributed by atoms with Crippen molar-refractivity contribution >= 4 is 32.2 Å². The van der Waals surface area contributed by atoms with Gasteiger partial charge in [0.2, 0.25) is 19.3 Å². The zero-order valence-electron chi connectivity index (χ0n) is 14.7. The molecular formula is C16H21N3O4S2. The maximum Gasteiger partial charge on any atom is 0.266 e. The van der Waals surface area contributed by atoms with E-state index in [9.17, 15) is 13.2 Å². The minimum atomic E-state index is -3.44. The van der Waals surface area contributed by atoms with Gasteiger partial charge in [-0.25, -0.2) is 8.42 Å². The fourth-order valence-electron chi connectivity index (χ4n) is 1.91. The van der Waals surface area contributed by atoms with Gasteiger partial charge in [-0.15, -0.1) is 10.2 Å². The van der Waals surface area contributed by atoms with Crippen molar-refractivity contribution in [1.82, 2.24) is 10.2 Å². The lowest BCUT2D eigenvalue weighted by atomic mass is 9.87. The minimum absolute atomic E-state index is 0.0384. The van der Waals surface area contributed by atoms with Crippen LogP contribution in [0, 0.1) is 0 Å². The number of rotatable bonds is 5. The summed E-state index contributed by atoms with van der Waals surface area (Å²) >= 11 is 0.799. The Hall–Kier alpha value is -2.00. The summed E-state index contributed by atoms with van der Waals surface area (Å²) < 4.78 is 28.2. The molecule has 2 rings (SSSR count). The number of ether oxygens (including phenoxy) is 1. The van der Waals surface area contributed by atoms with Crippen LogP contribution in [0.1, 0.15) is 33.3 Å². The average Bonchev–Trinajstić information content (AvgIpc) is 2.95. The molecule has 1 N–H and O–H groups in total. The SMILES string of the molecule is C[C@@H](Oc1ccc(C(C)(C)C)cc1)C(=O)Nc1nnc(S(C)(=O)=O)s1. The van der Waals surface area contributed by atoms with Crippen LogP contribution in [0.4, 0.5) is 5.13 Å². The van der Waals surface area contributed by atoms with E-state index in [2.05, 4.69) is 36.3 Å². The van der Waals surface area contributed by atoms with Gasteiger partial charge in [-0.3, -0.25) is 10.1 Å². The molecule has 136 valence electrons. The van der Waals surface area contributed by atoms with Crippen molar-refractivity contribution in [3.63, 3.8) is 0 Å². The van der Waals surface area contributed by atoms with Crippen molar-refractivity contribution in [3.8, 4) is 5.75 Å². The van der Waals surface area contributed by atoms with E-state index >= 15 is 0 Å². The van der Waals surface area contributed by atoms with Gasteiger partial charge in [-0.2, -0.15) is 0 Å². The summed E-state index contributed by atoms with van der Waals surface area (Å²) in [4.78, 5) is 12.2. The molecule has 0 saturated carbocycles. The Labute approximate surface area is 151 Å². The zero-order chi connectivity index (χ0) is 18.8. The fraction of sp³-hybridized carbons (Fsp3) is 0.438. The zero-order valence-corrected chi connectivity index (χ0v) is 16.4. The molecule has 0 aliphatic heterocycles. The van der Waals surface area contributed by atoms with Crippen molar-refractivity contribution < 1.29 is 17.9 Å². The third-order valence-electron chi connectivity index (χ3n) is 3.36. The molecule has 1 heterocycles. The van der Waals surface area contributed by atoms with E-state index in [1.54, 1.807) is 6.92 Å². The third kappa shape index (κ3) is 5.23. The second-order valence-corrected chi connectivity index (χ2v) is 9.84. The standard InChI is InChI=1S/C16H21N3O4S2/c1-10(23-12-8-6-11(7-9-12)16(2,3)4)13(20)17-14-18-19-15(24-14)25(5,21)22/h6-10H,1-5H3,(H,17,18,20)/t10-/m1/s1. The van der Waals surface area contributed by atoms with Gasteiger partial charge in [0, 0.05) is 6.26 Å². The number of carbonyl (C=O) groups excluding carboxylic acids is 1. The fourth-order valence-corrected chi connectivity index (χ4v) is 3.42. The predicted molar refractivity (Wildman–Crippen MR) is 96.9 cm³/mol. The number of nitrogens with zero attached hydrogens (tertiary/aromatic N) is 2. The van der Waals surface area contributed by atoms with Crippen LogP contribution in [0.3, 0.4) is 0 Å². The summed E-state index contributed by atoms with van der Waals surface area (Å²) in [5, 5.41) is 9.82. The highest BCUT2D eigenvalue weighted by molar-refractivity contribution is 7.92.